The summed E-state index contributed by atoms with van der Waals surface area (Å²) in [5.41, 5.74) is 16.6. The molecule has 0 spiro atoms. The number of benzene rings is 4. The number of rotatable bonds is 0. The van der Waals surface area contributed by atoms with E-state index in [4.69, 9.17) is 5.73 Å². The van der Waals surface area contributed by atoms with Crippen LogP contribution in [0.25, 0.3) is 32.3 Å². The zero-order valence-electron chi connectivity index (χ0n) is 31.0. The first-order valence-corrected chi connectivity index (χ1v) is 16.4. The molecule has 0 aromatic heterocycles. The molecule has 0 heterocycles. The van der Waals surface area contributed by atoms with E-state index < -0.39 is 0 Å². The summed E-state index contributed by atoms with van der Waals surface area (Å²) in [6, 6.07) is 12.6. The lowest BCUT2D eigenvalue weighted by Crippen LogP contribution is -2.24. The van der Waals surface area contributed by atoms with Crippen LogP contribution in [0.3, 0.4) is 0 Å². The maximum Gasteiger partial charge on any atom is 0.0441 e. The van der Waals surface area contributed by atoms with E-state index in [1.54, 1.807) is 0 Å². The van der Waals surface area contributed by atoms with Crippen molar-refractivity contribution >= 4 is 38.0 Å². The van der Waals surface area contributed by atoms with Crippen LogP contribution >= 0.6 is 0 Å². The van der Waals surface area contributed by atoms with E-state index in [0.717, 1.165) is 5.69 Å². The molecule has 0 radical (unpaired) electrons. The number of hydrogen-bond donors (Lipinski definition) is 1. The minimum atomic E-state index is -0.0902. The Kier molecular flexibility index (Phi) is 7.55. The van der Waals surface area contributed by atoms with Crippen molar-refractivity contribution in [2.75, 3.05) is 5.73 Å². The summed E-state index contributed by atoms with van der Waals surface area (Å²) in [6.07, 6.45) is 0. The Labute approximate surface area is 264 Å². The van der Waals surface area contributed by atoms with Crippen molar-refractivity contribution in [2.24, 2.45) is 0 Å². The van der Waals surface area contributed by atoms with Gasteiger partial charge in [-0.1, -0.05) is 125 Å². The fourth-order valence-corrected chi connectivity index (χ4v) is 7.16. The van der Waals surface area contributed by atoms with Crippen molar-refractivity contribution in [3.8, 4) is 0 Å². The molecule has 0 saturated heterocycles. The van der Waals surface area contributed by atoms with Crippen LogP contribution in [-0.2, 0) is 32.5 Å². The molecular formula is C42H61N. The van der Waals surface area contributed by atoms with Gasteiger partial charge in [0, 0.05) is 11.1 Å². The fraction of sp³-hybridized carbons (Fsp3) is 0.571. The average Bonchev–Trinajstić information content (AvgIpc) is 2.78. The quantitative estimate of drug-likeness (QED) is 0.163. The van der Waals surface area contributed by atoms with Crippen molar-refractivity contribution in [1.82, 2.24) is 0 Å². The minimum Gasteiger partial charge on any atom is -0.398 e. The molecule has 0 saturated carbocycles. The molecule has 0 aliphatic carbocycles. The molecule has 1 nitrogen and oxygen atoms in total. The van der Waals surface area contributed by atoms with Gasteiger partial charge < -0.3 is 5.73 Å². The van der Waals surface area contributed by atoms with Crippen LogP contribution < -0.4 is 5.73 Å². The molecule has 0 unspecified atom stereocenters. The van der Waals surface area contributed by atoms with E-state index in [9.17, 15) is 0 Å². The highest BCUT2D eigenvalue weighted by atomic mass is 14.6. The van der Waals surface area contributed by atoms with Gasteiger partial charge in [0.1, 0.15) is 0 Å². The van der Waals surface area contributed by atoms with Gasteiger partial charge in [0.15, 0.2) is 0 Å². The third kappa shape index (κ3) is 5.83. The molecule has 0 fully saturated rings. The highest BCUT2D eigenvalue weighted by molar-refractivity contribution is 6.29. The summed E-state index contributed by atoms with van der Waals surface area (Å²) in [4.78, 5) is 0. The van der Waals surface area contributed by atoms with Crippen LogP contribution in [-0.4, -0.2) is 0 Å². The van der Waals surface area contributed by atoms with E-state index >= 15 is 0 Å². The molecule has 4 rings (SSSR count). The molecule has 2 N–H and O–H groups in total. The van der Waals surface area contributed by atoms with E-state index in [1.165, 1.54) is 65.7 Å². The van der Waals surface area contributed by atoms with Gasteiger partial charge in [-0.3, -0.25) is 0 Å². The predicted molar refractivity (Wildman–Crippen MR) is 196 cm³/mol. The van der Waals surface area contributed by atoms with Crippen molar-refractivity contribution in [3.05, 3.63) is 63.7 Å². The molecule has 0 aliphatic heterocycles. The van der Waals surface area contributed by atoms with Gasteiger partial charge in [0.25, 0.3) is 0 Å². The molecule has 1 heteroatoms. The Bertz CT molecular complexity index is 1680. The predicted octanol–water partition coefficient (Wildman–Crippen LogP) is 12.5. The van der Waals surface area contributed by atoms with Gasteiger partial charge in [-0.15, -0.1) is 0 Å². The number of fused-ring (bicyclic) bond motifs is 6. The maximum atomic E-state index is 7.47. The third-order valence-corrected chi connectivity index (χ3v) is 9.32. The van der Waals surface area contributed by atoms with Gasteiger partial charge >= 0.3 is 0 Å². The highest BCUT2D eigenvalue weighted by Crippen LogP contribution is 2.50. The van der Waals surface area contributed by atoms with Crippen LogP contribution in [0.4, 0.5) is 5.69 Å². The van der Waals surface area contributed by atoms with Crippen LogP contribution in [0.5, 0.6) is 0 Å². The maximum absolute atomic E-state index is 7.47. The SMILES string of the molecule is CC(C)(C)c1cc2c3cc(C(C)(C)C)c(C(C)(C)C)cc3c3c(N)c(C(C)(C)C)c(C(C)(C)C)cc3c2cc1C(C)(C)C. The molecule has 4 aromatic carbocycles. The molecule has 0 amide bonds. The Balaban J connectivity index is 2.51. The average molecular weight is 580 g/mol. The summed E-state index contributed by atoms with van der Waals surface area (Å²) in [5.74, 6) is 0. The van der Waals surface area contributed by atoms with Crippen LogP contribution in [0.15, 0.2) is 30.3 Å². The molecule has 43 heavy (non-hydrogen) atoms. The number of anilines is 1. The Hall–Kier alpha value is -2.54. The highest BCUT2D eigenvalue weighted by Gasteiger charge is 2.33. The molecule has 234 valence electrons. The van der Waals surface area contributed by atoms with Crippen LogP contribution in [0.1, 0.15) is 158 Å². The number of hydrogen-bond acceptors (Lipinski definition) is 1. The van der Waals surface area contributed by atoms with Crippen molar-refractivity contribution in [2.45, 2.75) is 157 Å². The van der Waals surface area contributed by atoms with Crippen molar-refractivity contribution in [3.63, 3.8) is 0 Å². The molecular weight excluding hydrogens is 518 g/mol. The summed E-state index contributed by atoms with van der Waals surface area (Å²) < 4.78 is 0. The molecule has 0 atom stereocenters. The summed E-state index contributed by atoms with van der Waals surface area (Å²) in [7, 11) is 0. The fourth-order valence-electron chi connectivity index (χ4n) is 7.16. The second-order valence-corrected chi connectivity index (χ2v) is 19.5. The normalized spacial score (nSPS) is 14.4. The molecule has 4 aromatic rings. The summed E-state index contributed by atoms with van der Waals surface area (Å²) >= 11 is 0. The van der Waals surface area contributed by atoms with E-state index in [2.05, 4.69) is 155 Å². The standard InChI is InChI=1S/C42H61N/c1-37(2,3)29-19-24-25-20-31(39(7,8)9)32(40(10,11)12)22-27(25)34-28(26(24)21-30(29)38(4,5)6)23-33(41(13,14)15)35(36(34)43)42(16,17)18/h19-23H,43H2,1-18H3. The van der Waals surface area contributed by atoms with Gasteiger partial charge in [0.2, 0.25) is 0 Å². The minimum absolute atomic E-state index is 0.00227. The first kappa shape index (κ1) is 33.4. The summed E-state index contributed by atoms with van der Waals surface area (Å²) in [5, 5.41) is 7.77. The van der Waals surface area contributed by atoms with Gasteiger partial charge in [-0.05, 0) is 123 Å². The largest absolute Gasteiger partial charge is 0.398 e. The van der Waals surface area contributed by atoms with Gasteiger partial charge in [0.05, 0.1) is 0 Å². The molecule has 0 bridgehead atoms. The molecule has 0 aliphatic rings. The number of nitrogens with two attached hydrogens (primary N) is 1. The first-order valence-electron chi connectivity index (χ1n) is 16.4. The third-order valence-electron chi connectivity index (χ3n) is 9.32. The Morgan fingerprint density at radius 2 is 0.558 bits per heavy atom. The van der Waals surface area contributed by atoms with Gasteiger partial charge in [-0.25, -0.2) is 0 Å². The van der Waals surface area contributed by atoms with Gasteiger partial charge in [-0.2, -0.15) is 0 Å². The topological polar surface area (TPSA) is 26.0 Å². The second kappa shape index (κ2) is 9.73. The zero-order chi connectivity index (χ0) is 33.0. The van der Waals surface area contributed by atoms with Crippen molar-refractivity contribution in [1.29, 1.82) is 0 Å². The zero-order valence-corrected chi connectivity index (χ0v) is 31.0. The van der Waals surface area contributed by atoms with Crippen molar-refractivity contribution < 1.29 is 0 Å². The Morgan fingerprint density at radius 1 is 0.326 bits per heavy atom. The monoisotopic (exact) mass is 579 g/mol. The first-order chi connectivity index (χ1) is 19.1. The van der Waals surface area contributed by atoms with E-state index in [1.807, 2.05) is 0 Å². The smallest absolute Gasteiger partial charge is 0.0441 e. The lowest BCUT2D eigenvalue weighted by atomic mass is 9.70. The van der Waals surface area contributed by atoms with E-state index in [0.29, 0.717) is 0 Å². The van der Waals surface area contributed by atoms with E-state index in [-0.39, 0.29) is 32.5 Å². The van der Waals surface area contributed by atoms with Crippen LogP contribution in [0, 0.1) is 0 Å². The lowest BCUT2D eigenvalue weighted by molar-refractivity contribution is 0.531. The Morgan fingerprint density at radius 3 is 0.814 bits per heavy atom. The summed E-state index contributed by atoms with van der Waals surface area (Å²) in [6.45, 7) is 42.2. The number of nitrogen functional groups attached to an aromatic ring is 1. The lowest BCUT2D eigenvalue weighted by Gasteiger charge is -2.35. The second-order valence-electron chi connectivity index (χ2n) is 19.5. The van der Waals surface area contributed by atoms with Crippen LogP contribution in [0.2, 0.25) is 0 Å².